The highest BCUT2D eigenvalue weighted by molar-refractivity contribution is 9.10. The van der Waals surface area contributed by atoms with Gasteiger partial charge in [-0.05, 0) is 24.5 Å². The SMILES string of the molecule is CSCC(=O)c1ccc(Br)cc1C(F)(F)F. The summed E-state index contributed by atoms with van der Waals surface area (Å²) in [5, 5.41) is 0. The number of hydrogen-bond donors (Lipinski definition) is 0. The second-order valence-electron chi connectivity index (χ2n) is 3.04. The summed E-state index contributed by atoms with van der Waals surface area (Å²) in [4.78, 5) is 11.5. The lowest BCUT2D eigenvalue weighted by molar-refractivity contribution is -0.137. The predicted molar refractivity (Wildman–Crippen MR) is 61.9 cm³/mol. The molecule has 0 unspecified atom stereocenters. The summed E-state index contributed by atoms with van der Waals surface area (Å²) in [6.07, 6.45) is -2.84. The van der Waals surface area contributed by atoms with Gasteiger partial charge < -0.3 is 0 Å². The van der Waals surface area contributed by atoms with Gasteiger partial charge in [-0.1, -0.05) is 15.9 Å². The molecule has 0 radical (unpaired) electrons. The van der Waals surface area contributed by atoms with Crippen molar-refractivity contribution in [2.45, 2.75) is 6.18 Å². The van der Waals surface area contributed by atoms with Crippen LogP contribution >= 0.6 is 27.7 Å². The Hall–Kier alpha value is -0.490. The minimum absolute atomic E-state index is 0.0463. The molecule has 0 aliphatic carbocycles. The second-order valence-corrected chi connectivity index (χ2v) is 4.83. The van der Waals surface area contributed by atoms with Gasteiger partial charge in [-0.2, -0.15) is 24.9 Å². The van der Waals surface area contributed by atoms with Gasteiger partial charge in [0.1, 0.15) is 0 Å². The van der Waals surface area contributed by atoms with Crippen LogP contribution in [0.1, 0.15) is 15.9 Å². The predicted octanol–water partition coefficient (Wildman–Crippen LogP) is 4.01. The first-order chi connectivity index (χ1) is 7.36. The van der Waals surface area contributed by atoms with Crippen molar-refractivity contribution in [3.05, 3.63) is 33.8 Å². The van der Waals surface area contributed by atoms with Crippen LogP contribution in [0.5, 0.6) is 0 Å². The van der Waals surface area contributed by atoms with Gasteiger partial charge in [0.25, 0.3) is 0 Å². The second kappa shape index (κ2) is 5.23. The fourth-order valence-corrected chi connectivity index (χ4v) is 1.98. The highest BCUT2D eigenvalue weighted by atomic mass is 79.9. The number of benzene rings is 1. The molecule has 0 saturated heterocycles. The average molecular weight is 313 g/mol. The Kier molecular flexibility index (Phi) is 4.43. The normalized spacial score (nSPS) is 11.6. The number of halogens is 4. The zero-order chi connectivity index (χ0) is 12.3. The van der Waals surface area contributed by atoms with E-state index >= 15 is 0 Å². The fraction of sp³-hybridized carbons (Fsp3) is 0.300. The molecule has 6 heteroatoms. The van der Waals surface area contributed by atoms with Gasteiger partial charge in [0, 0.05) is 10.0 Å². The molecule has 0 amide bonds. The lowest BCUT2D eigenvalue weighted by Gasteiger charge is -2.12. The summed E-state index contributed by atoms with van der Waals surface area (Å²) in [5.74, 6) is -0.461. The van der Waals surface area contributed by atoms with Crippen LogP contribution in [0.4, 0.5) is 13.2 Å². The van der Waals surface area contributed by atoms with E-state index in [1.54, 1.807) is 6.26 Å². The third-order valence-electron chi connectivity index (χ3n) is 1.86. The Labute approximate surface area is 104 Å². The first-order valence-corrected chi connectivity index (χ1v) is 6.44. The number of Topliss-reactive ketones (excluding diaryl/α,β-unsaturated/α-hetero) is 1. The highest BCUT2D eigenvalue weighted by Gasteiger charge is 2.35. The summed E-state index contributed by atoms with van der Waals surface area (Å²) in [6, 6.07) is 3.56. The molecule has 1 aromatic carbocycles. The van der Waals surface area contributed by atoms with Crippen molar-refractivity contribution in [3.8, 4) is 0 Å². The minimum Gasteiger partial charge on any atom is -0.293 e. The van der Waals surface area contributed by atoms with Gasteiger partial charge in [-0.25, -0.2) is 0 Å². The molecule has 0 aromatic heterocycles. The number of carbonyl (C=O) groups is 1. The minimum atomic E-state index is -4.51. The smallest absolute Gasteiger partial charge is 0.293 e. The molecule has 0 fully saturated rings. The Bertz CT molecular complexity index is 404. The maximum atomic E-state index is 12.6. The van der Waals surface area contributed by atoms with Crippen LogP contribution in [0.15, 0.2) is 22.7 Å². The van der Waals surface area contributed by atoms with Crippen molar-refractivity contribution in [2.75, 3.05) is 12.0 Å². The van der Waals surface area contributed by atoms with Crippen molar-refractivity contribution in [1.82, 2.24) is 0 Å². The molecule has 0 heterocycles. The summed E-state index contributed by atoms with van der Waals surface area (Å²) < 4.78 is 38.3. The molecule has 0 atom stereocenters. The third-order valence-corrected chi connectivity index (χ3v) is 2.91. The van der Waals surface area contributed by atoms with Crippen LogP contribution in [0.25, 0.3) is 0 Å². The number of hydrogen-bond acceptors (Lipinski definition) is 2. The van der Waals surface area contributed by atoms with E-state index in [4.69, 9.17) is 0 Å². The number of alkyl halides is 3. The first-order valence-electron chi connectivity index (χ1n) is 4.25. The quantitative estimate of drug-likeness (QED) is 0.784. The van der Waals surface area contributed by atoms with Crippen LogP contribution in [-0.4, -0.2) is 17.8 Å². The van der Waals surface area contributed by atoms with Gasteiger partial charge in [0.2, 0.25) is 0 Å². The van der Waals surface area contributed by atoms with E-state index in [-0.39, 0.29) is 11.3 Å². The molecule has 0 bridgehead atoms. The largest absolute Gasteiger partial charge is 0.417 e. The summed E-state index contributed by atoms with van der Waals surface area (Å²) in [7, 11) is 0. The molecule has 1 nitrogen and oxygen atoms in total. The van der Waals surface area contributed by atoms with Gasteiger partial charge in [0.05, 0.1) is 11.3 Å². The Morgan fingerprint density at radius 2 is 2.06 bits per heavy atom. The maximum absolute atomic E-state index is 12.6. The van der Waals surface area contributed by atoms with Crippen molar-refractivity contribution in [3.63, 3.8) is 0 Å². The van der Waals surface area contributed by atoms with Crippen molar-refractivity contribution >= 4 is 33.5 Å². The maximum Gasteiger partial charge on any atom is 0.417 e. The zero-order valence-electron chi connectivity index (χ0n) is 8.27. The highest BCUT2D eigenvalue weighted by Crippen LogP contribution is 2.34. The monoisotopic (exact) mass is 312 g/mol. The average Bonchev–Trinajstić information content (AvgIpc) is 2.16. The third kappa shape index (κ3) is 3.25. The molecule has 0 aliphatic rings. The van der Waals surface area contributed by atoms with Crippen molar-refractivity contribution in [2.24, 2.45) is 0 Å². The fourth-order valence-electron chi connectivity index (χ4n) is 1.20. The number of thioether (sulfide) groups is 1. The molecule has 0 N–H and O–H groups in total. The van der Waals surface area contributed by atoms with Crippen molar-refractivity contribution < 1.29 is 18.0 Å². The summed E-state index contributed by atoms with van der Waals surface area (Å²) in [5.41, 5.74) is -1.16. The van der Waals surface area contributed by atoms with Gasteiger partial charge >= 0.3 is 6.18 Å². The molecule has 16 heavy (non-hydrogen) atoms. The first kappa shape index (κ1) is 13.6. The van der Waals surface area contributed by atoms with E-state index in [0.717, 1.165) is 6.07 Å². The summed E-state index contributed by atoms with van der Waals surface area (Å²) >= 11 is 4.16. The zero-order valence-corrected chi connectivity index (χ0v) is 10.7. The number of rotatable bonds is 3. The van der Waals surface area contributed by atoms with Crippen molar-refractivity contribution in [1.29, 1.82) is 0 Å². The van der Waals surface area contributed by atoms with Crippen LogP contribution in [0, 0.1) is 0 Å². The van der Waals surface area contributed by atoms with E-state index < -0.39 is 17.5 Å². The van der Waals surface area contributed by atoms with Crippen LogP contribution in [-0.2, 0) is 6.18 Å². The lowest BCUT2D eigenvalue weighted by Crippen LogP contribution is -2.14. The molecule has 1 aromatic rings. The molecule has 88 valence electrons. The standard InChI is InChI=1S/C10H8BrF3OS/c1-16-5-9(15)7-3-2-6(11)4-8(7)10(12,13)14/h2-4H,5H2,1H3. The van der Waals surface area contributed by atoms with E-state index in [2.05, 4.69) is 15.9 Å². The van der Waals surface area contributed by atoms with Gasteiger partial charge in [-0.15, -0.1) is 0 Å². The Morgan fingerprint density at radius 1 is 1.44 bits per heavy atom. The van der Waals surface area contributed by atoms with Crippen LogP contribution < -0.4 is 0 Å². The van der Waals surface area contributed by atoms with Gasteiger partial charge in [-0.3, -0.25) is 4.79 Å². The lowest BCUT2D eigenvalue weighted by atomic mass is 10.0. The molecular weight excluding hydrogens is 305 g/mol. The topological polar surface area (TPSA) is 17.1 Å². The molecule has 0 saturated carbocycles. The molecular formula is C10H8BrF3OS. The number of carbonyl (C=O) groups excluding carboxylic acids is 1. The molecule has 0 aliphatic heterocycles. The van der Waals surface area contributed by atoms with Crippen LogP contribution in [0.3, 0.4) is 0 Å². The molecule has 0 spiro atoms. The Balaban J connectivity index is 3.23. The van der Waals surface area contributed by atoms with E-state index in [9.17, 15) is 18.0 Å². The number of ketones is 1. The van der Waals surface area contributed by atoms with Crippen LogP contribution in [0.2, 0.25) is 0 Å². The summed E-state index contributed by atoms with van der Waals surface area (Å²) in [6.45, 7) is 0. The van der Waals surface area contributed by atoms with E-state index in [1.807, 2.05) is 0 Å². The van der Waals surface area contributed by atoms with Gasteiger partial charge in [0.15, 0.2) is 5.78 Å². The molecule has 1 rings (SSSR count). The Morgan fingerprint density at radius 3 is 2.56 bits per heavy atom. The van der Waals surface area contributed by atoms with E-state index in [1.165, 1.54) is 23.9 Å². The van der Waals surface area contributed by atoms with E-state index in [0.29, 0.717) is 4.47 Å².